The number of amides is 1. The van der Waals surface area contributed by atoms with Gasteiger partial charge in [-0.1, -0.05) is 12.1 Å². The van der Waals surface area contributed by atoms with E-state index in [-0.39, 0.29) is 11.6 Å². The molecule has 0 saturated carbocycles. The molecule has 2 aliphatic heterocycles. The van der Waals surface area contributed by atoms with Gasteiger partial charge in [0.2, 0.25) is 0 Å². The minimum Gasteiger partial charge on any atom is -0.355 e. The molecule has 0 spiro atoms. The summed E-state index contributed by atoms with van der Waals surface area (Å²) < 4.78 is 29.7. The summed E-state index contributed by atoms with van der Waals surface area (Å²) in [5, 5.41) is 4.63. The maximum atomic E-state index is 14.3. The van der Waals surface area contributed by atoms with E-state index >= 15 is 0 Å². The van der Waals surface area contributed by atoms with E-state index in [2.05, 4.69) is 10.00 Å². The first-order chi connectivity index (χ1) is 15.4. The predicted molar refractivity (Wildman–Crippen MR) is 117 cm³/mol. The number of anilines is 1. The Morgan fingerprint density at radius 2 is 2.09 bits per heavy atom. The van der Waals surface area contributed by atoms with Gasteiger partial charge < -0.3 is 15.5 Å². The number of nitrogens with zero attached hydrogens (tertiary/aromatic N) is 5. The topological polar surface area (TPSA) is 79.8 Å². The van der Waals surface area contributed by atoms with Crippen LogP contribution in [0.15, 0.2) is 36.5 Å². The number of carbonyl (C=O) groups is 1. The van der Waals surface area contributed by atoms with Crippen molar-refractivity contribution in [2.45, 2.75) is 32.2 Å². The van der Waals surface area contributed by atoms with Crippen molar-refractivity contribution in [1.29, 1.82) is 0 Å². The summed E-state index contributed by atoms with van der Waals surface area (Å²) in [6.07, 6.45) is 6.25. The van der Waals surface area contributed by atoms with Gasteiger partial charge in [0.1, 0.15) is 11.5 Å². The van der Waals surface area contributed by atoms with Crippen LogP contribution in [0.1, 0.15) is 40.9 Å². The lowest BCUT2D eigenvalue weighted by Gasteiger charge is -2.28. The molecule has 1 atom stereocenters. The Bertz CT molecular complexity index is 1240. The Morgan fingerprint density at radius 3 is 2.88 bits per heavy atom. The molecular formula is C23H24F2N6O. The molecule has 1 fully saturated rings. The second-order valence-corrected chi connectivity index (χ2v) is 8.36. The number of halogens is 2. The molecule has 2 aromatic heterocycles. The number of aryl methyl sites for hydroxylation is 1. The first-order valence-electron chi connectivity index (χ1n) is 10.8. The number of carbonyl (C=O) groups excluding carboxylic acids is 1. The van der Waals surface area contributed by atoms with Gasteiger partial charge in [-0.25, -0.2) is 18.3 Å². The number of allylic oxidation sites excluding steroid dienone is 1. The summed E-state index contributed by atoms with van der Waals surface area (Å²) in [4.78, 5) is 21.5. The number of rotatable bonds is 3. The van der Waals surface area contributed by atoms with E-state index in [0.29, 0.717) is 23.6 Å². The highest BCUT2D eigenvalue weighted by Gasteiger charge is 2.28. The summed E-state index contributed by atoms with van der Waals surface area (Å²) >= 11 is 0. The summed E-state index contributed by atoms with van der Waals surface area (Å²) in [7, 11) is 0. The molecule has 7 nitrogen and oxygen atoms in total. The van der Waals surface area contributed by atoms with Crippen LogP contribution < -0.4 is 10.6 Å². The molecule has 1 amide bonds. The average molecular weight is 438 g/mol. The van der Waals surface area contributed by atoms with Crippen LogP contribution in [-0.4, -0.2) is 51.1 Å². The van der Waals surface area contributed by atoms with Crippen molar-refractivity contribution >= 4 is 23.1 Å². The molecule has 0 unspecified atom stereocenters. The summed E-state index contributed by atoms with van der Waals surface area (Å²) in [5.41, 5.74) is 8.55. The van der Waals surface area contributed by atoms with E-state index < -0.39 is 17.5 Å². The van der Waals surface area contributed by atoms with Crippen molar-refractivity contribution < 1.29 is 13.6 Å². The zero-order chi connectivity index (χ0) is 22.4. The standard InChI is InChI=1S/C23H24F2N6O/c1-14-12-31-20(27-22(14)29-10-8-15(26)13-29)11-18(28-31)19-7-2-3-9-30(19)23(32)16-5-4-6-17(24)21(16)25/h4-7,11-12,15H,2-3,8-10,13,26H2,1H3/t15-/m0/s1. The van der Waals surface area contributed by atoms with Gasteiger partial charge in [0.05, 0.1) is 11.3 Å². The van der Waals surface area contributed by atoms with Crippen LogP contribution in [0.5, 0.6) is 0 Å². The molecular weight excluding hydrogens is 414 g/mol. The van der Waals surface area contributed by atoms with Gasteiger partial charge in [-0.3, -0.25) is 4.79 Å². The summed E-state index contributed by atoms with van der Waals surface area (Å²) in [6, 6.07) is 5.60. The fourth-order valence-electron chi connectivity index (χ4n) is 4.41. The van der Waals surface area contributed by atoms with Crippen LogP contribution in [0, 0.1) is 18.6 Å². The van der Waals surface area contributed by atoms with Crippen molar-refractivity contribution in [3.8, 4) is 0 Å². The fourth-order valence-corrected chi connectivity index (χ4v) is 4.41. The molecule has 2 aliphatic rings. The molecule has 0 aliphatic carbocycles. The van der Waals surface area contributed by atoms with Gasteiger partial charge >= 0.3 is 0 Å². The number of hydrogen-bond donors (Lipinski definition) is 1. The van der Waals surface area contributed by atoms with Gasteiger partial charge in [-0.2, -0.15) is 5.10 Å². The van der Waals surface area contributed by atoms with Crippen LogP contribution in [0.25, 0.3) is 11.3 Å². The van der Waals surface area contributed by atoms with Crippen LogP contribution in [0.4, 0.5) is 14.6 Å². The second kappa shape index (κ2) is 7.98. The zero-order valence-corrected chi connectivity index (χ0v) is 17.8. The van der Waals surface area contributed by atoms with Crippen molar-refractivity contribution in [2.24, 2.45) is 5.73 Å². The van der Waals surface area contributed by atoms with Crippen LogP contribution >= 0.6 is 0 Å². The number of fused-ring (bicyclic) bond motifs is 1. The lowest BCUT2D eigenvalue weighted by atomic mass is 10.1. The summed E-state index contributed by atoms with van der Waals surface area (Å²) in [5.74, 6) is -1.88. The van der Waals surface area contributed by atoms with E-state index in [9.17, 15) is 13.6 Å². The van der Waals surface area contributed by atoms with Gasteiger partial charge in [0.15, 0.2) is 17.3 Å². The SMILES string of the molecule is Cc1cn2nc(C3=CCCCN3C(=O)c3cccc(F)c3F)cc2nc1N1CC[C@H](N)C1. The largest absolute Gasteiger partial charge is 0.355 e. The van der Waals surface area contributed by atoms with Gasteiger partial charge in [-0.05, 0) is 38.3 Å². The Kier molecular flexibility index (Phi) is 5.13. The van der Waals surface area contributed by atoms with Crippen molar-refractivity contribution in [2.75, 3.05) is 24.5 Å². The molecule has 9 heteroatoms. The van der Waals surface area contributed by atoms with E-state index in [1.807, 2.05) is 25.3 Å². The quantitative estimate of drug-likeness (QED) is 0.680. The molecule has 3 aromatic rings. The van der Waals surface area contributed by atoms with E-state index in [1.165, 1.54) is 17.0 Å². The van der Waals surface area contributed by atoms with Crippen molar-refractivity contribution in [3.63, 3.8) is 0 Å². The molecule has 32 heavy (non-hydrogen) atoms. The van der Waals surface area contributed by atoms with Gasteiger partial charge in [0.25, 0.3) is 5.91 Å². The van der Waals surface area contributed by atoms with Crippen molar-refractivity contribution in [1.82, 2.24) is 19.5 Å². The molecule has 166 valence electrons. The van der Waals surface area contributed by atoms with Crippen LogP contribution in [0.2, 0.25) is 0 Å². The maximum Gasteiger partial charge on any atom is 0.261 e. The predicted octanol–water partition coefficient (Wildman–Crippen LogP) is 3.13. The van der Waals surface area contributed by atoms with Crippen LogP contribution in [0.3, 0.4) is 0 Å². The number of hydrogen-bond acceptors (Lipinski definition) is 5. The first kappa shape index (κ1) is 20.6. The lowest BCUT2D eigenvalue weighted by molar-refractivity contribution is 0.0824. The van der Waals surface area contributed by atoms with Crippen molar-refractivity contribution in [3.05, 3.63) is 65.0 Å². The Labute approximate surface area is 184 Å². The van der Waals surface area contributed by atoms with Gasteiger partial charge in [-0.15, -0.1) is 0 Å². The van der Waals surface area contributed by atoms with E-state index in [4.69, 9.17) is 10.7 Å². The normalized spacial score (nSPS) is 19.0. The third-order valence-corrected chi connectivity index (χ3v) is 6.03. The highest BCUT2D eigenvalue weighted by atomic mass is 19.2. The molecule has 1 saturated heterocycles. The van der Waals surface area contributed by atoms with E-state index in [0.717, 1.165) is 49.8 Å². The molecule has 5 rings (SSSR count). The molecule has 4 heterocycles. The third kappa shape index (κ3) is 3.52. The minimum absolute atomic E-state index is 0.142. The Balaban J connectivity index is 1.51. The minimum atomic E-state index is -1.14. The van der Waals surface area contributed by atoms with Gasteiger partial charge in [0, 0.05) is 43.5 Å². The molecule has 0 bridgehead atoms. The smallest absolute Gasteiger partial charge is 0.261 e. The highest BCUT2D eigenvalue weighted by Crippen LogP contribution is 2.29. The lowest BCUT2D eigenvalue weighted by Crippen LogP contribution is -2.33. The van der Waals surface area contributed by atoms with Crippen LogP contribution in [-0.2, 0) is 0 Å². The fraction of sp³-hybridized carbons (Fsp3) is 0.348. The first-order valence-corrected chi connectivity index (χ1v) is 10.8. The average Bonchev–Trinajstić information content (AvgIpc) is 3.40. The second-order valence-electron chi connectivity index (χ2n) is 8.36. The zero-order valence-electron chi connectivity index (χ0n) is 17.8. The maximum absolute atomic E-state index is 14.3. The Hall–Kier alpha value is -3.33. The third-order valence-electron chi connectivity index (χ3n) is 6.03. The number of nitrogens with two attached hydrogens (primary N) is 1. The summed E-state index contributed by atoms with van der Waals surface area (Å²) in [6.45, 7) is 4.00. The number of aromatic nitrogens is 3. The monoisotopic (exact) mass is 438 g/mol. The molecule has 1 aromatic carbocycles. The Morgan fingerprint density at radius 1 is 1.25 bits per heavy atom. The molecule has 0 radical (unpaired) electrons. The van der Waals surface area contributed by atoms with E-state index in [1.54, 1.807) is 4.52 Å². The highest BCUT2D eigenvalue weighted by molar-refractivity contribution is 6.00. The number of benzene rings is 1. The molecule has 2 N–H and O–H groups in total.